The highest BCUT2D eigenvalue weighted by Crippen LogP contribution is 2.14. The highest BCUT2D eigenvalue weighted by atomic mass is 16.4. The second-order valence-electron chi connectivity index (χ2n) is 4.06. The lowest BCUT2D eigenvalue weighted by molar-refractivity contribution is 0.0693. The van der Waals surface area contributed by atoms with E-state index >= 15 is 0 Å². The Labute approximate surface area is 133 Å². The average Bonchev–Trinajstić information content (AvgIpc) is 2.58. The molecule has 0 aliphatic heterocycles. The predicted octanol–water partition coefficient (Wildman–Crippen LogP) is 2.96. The Bertz CT molecular complexity index is 665. The maximum Gasteiger partial charge on any atom is 0.339 e. The van der Waals surface area contributed by atoms with Gasteiger partial charge in [-0.25, -0.2) is 14.8 Å². The van der Waals surface area contributed by atoms with Crippen molar-refractivity contribution in [2.45, 2.75) is 0 Å². The zero-order chi connectivity index (χ0) is 16.9. The summed E-state index contributed by atoms with van der Waals surface area (Å²) in [6, 6.07) is 16.3. The lowest BCUT2D eigenvalue weighted by Gasteiger charge is -1.95. The molecular weight excluding hydrogens is 296 g/mol. The van der Waals surface area contributed by atoms with Gasteiger partial charge in [0.05, 0.1) is 0 Å². The number of hydrogen-bond acceptors (Lipinski definition) is 5. The molecule has 3 aromatic rings. The van der Waals surface area contributed by atoms with Crippen molar-refractivity contribution in [2.75, 3.05) is 0 Å². The van der Waals surface area contributed by atoms with Crippen LogP contribution in [0.15, 0.2) is 79.4 Å². The van der Waals surface area contributed by atoms with Gasteiger partial charge in [0.15, 0.2) is 0 Å². The van der Waals surface area contributed by atoms with Gasteiger partial charge in [0.2, 0.25) is 0 Å². The van der Waals surface area contributed by atoms with E-state index < -0.39 is 5.97 Å². The highest BCUT2D eigenvalue weighted by Gasteiger charge is 2.05. The van der Waals surface area contributed by atoms with Gasteiger partial charge < -0.3 is 15.3 Å². The van der Waals surface area contributed by atoms with E-state index in [0.29, 0.717) is 5.75 Å². The molecular formula is C17H16N2O4. The van der Waals surface area contributed by atoms with Gasteiger partial charge >= 0.3 is 5.97 Å². The molecule has 6 nitrogen and oxygen atoms in total. The van der Waals surface area contributed by atoms with Crippen molar-refractivity contribution < 1.29 is 20.1 Å². The van der Waals surface area contributed by atoms with Crippen LogP contribution in [0.4, 0.5) is 0 Å². The van der Waals surface area contributed by atoms with Crippen molar-refractivity contribution in [3.8, 4) is 11.5 Å². The van der Waals surface area contributed by atoms with Crippen LogP contribution in [0.3, 0.4) is 0 Å². The molecule has 2 aromatic carbocycles. The van der Waals surface area contributed by atoms with E-state index in [1.807, 2.05) is 6.07 Å². The molecule has 0 amide bonds. The summed E-state index contributed by atoms with van der Waals surface area (Å²) in [5.74, 6) is -0.990. The Morgan fingerprint density at radius 2 is 1.35 bits per heavy atom. The molecule has 0 spiro atoms. The van der Waals surface area contributed by atoms with E-state index in [1.165, 1.54) is 18.5 Å². The minimum absolute atomic E-state index is 0.0671. The molecule has 6 heteroatoms. The summed E-state index contributed by atoms with van der Waals surface area (Å²) in [5.41, 5.74) is -0.0671. The number of aromatic hydroxyl groups is 2. The normalized spacial score (nSPS) is 8.70. The fourth-order valence-corrected chi connectivity index (χ4v) is 1.34. The first-order valence-corrected chi connectivity index (χ1v) is 6.56. The molecule has 0 saturated carbocycles. The van der Waals surface area contributed by atoms with E-state index in [-0.39, 0.29) is 11.3 Å². The number of nitrogens with zero attached hydrogens (tertiary/aromatic N) is 2. The Kier molecular flexibility index (Phi) is 7.93. The van der Waals surface area contributed by atoms with Crippen LogP contribution in [0.25, 0.3) is 0 Å². The first-order valence-electron chi connectivity index (χ1n) is 6.56. The summed E-state index contributed by atoms with van der Waals surface area (Å²) in [6.45, 7) is 0. The summed E-state index contributed by atoms with van der Waals surface area (Å²) in [6.07, 6.45) is 4.88. The van der Waals surface area contributed by atoms with Crippen molar-refractivity contribution in [1.29, 1.82) is 0 Å². The van der Waals surface area contributed by atoms with E-state index in [0.717, 1.165) is 0 Å². The maximum absolute atomic E-state index is 10.3. The lowest BCUT2D eigenvalue weighted by atomic mass is 10.2. The molecule has 0 radical (unpaired) electrons. The molecule has 0 bridgehead atoms. The van der Waals surface area contributed by atoms with Crippen molar-refractivity contribution in [3.63, 3.8) is 0 Å². The number of carboxylic acids is 1. The molecule has 3 N–H and O–H groups in total. The van der Waals surface area contributed by atoms with E-state index in [2.05, 4.69) is 9.97 Å². The number of benzene rings is 2. The third-order valence-corrected chi connectivity index (χ3v) is 2.37. The third kappa shape index (κ3) is 7.81. The number of aromatic nitrogens is 2. The highest BCUT2D eigenvalue weighted by molar-refractivity contribution is 5.90. The second-order valence-corrected chi connectivity index (χ2v) is 4.06. The predicted molar refractivity (Wildman–Crippen MR) is 85.2 cm³/mol. The molecule has 118 valence electrons. The molecule has 0 aliphatic rings. The monoisotopic (exact) mass is 312 g/mol. The van der Waals surface area contributed by atoms with Crippen LogP contribution >= 0.6 is 0 Å². The Hall–Kier alpha value is -3.41. The minimum Gasteiger partial charge on any atom is -0.508 e. The Morgan fingerprint density at radius 3 is 1.65 bits per heavy atom. The van der Waals surface area contributed by atoms with Crippen LogP contribution in [0.2, 0.25) is 0 Å². The third-order valence-electron chi connectivity index (χ3n) is 2.37. The summed E-state index contributed by atoms with van der Waals surface area (Å²) < 4.78 is 0. The van der Waals surface area contributed by atoms with Gasteiger partial charge in [0.25, 0.3) is 0 Å². The van der Waals surface area contributed by atoms with Crippen molar-refractivity contribution in [1.82, 2.24) is 9.97 Å². The van der Waals surface area contributed by atoms with Crippen LogP contribution in [0.1, 0.15) is 10.4 Å². The number of carboxylic acid groups (broad SMARTS) is 1. The fraction of sp³-hybridized carbons (Fsp3) is 0. The van der Waals surface area contributed by atoms with Gasteiger partial charge in [0.1, 0.15) is 23.4 Å². The van der Waals surface area contributed by atoms with Gasteiger partial charge in [-0.2, -0.15) is 0 Å². The number of hydrogen-bond donors (Lipinski definition) is 3. The van der Waals surface area contributed by atoms with Gasteiger partial charge in [-0.05, 0) is 30.3 Å². The van der Waals surface area contributed by atoms with Crippen LogP contribution in [-0.4, -0.2) is 31.3 Å². The number of phenolic OH excluding ortho intramolecular Hbond substituents is 1. The maximum atomic E-state index is 10.3. The second kappa shape index (κ2) is 10.3. The first-order chi connectivity index (χ1) is 11.1. The molecule has 0 atom stereocenters. The van der Waals surface area contributed by atoms with Crippen LogP contribution in [-0.2, 0) is 0 Å². The zero-order valence-electron chi connectivity index (χ0n) is 12.1. The van der Waals surface area contributed by atoms with Gasteiger partial charge in [-0.15, -0.1) is 0 Å². The molecule has 0 unspecified atom stereocenters. The average molecular weight is 312 g/mol. The fourth-order valence-electron chi connectivity index (χ4n) is 1.34. The molecule has 0 fully saturated rings. The largest absolute Gasteiger partial charge is 0.508 e. The Morgan fingerprint density at radius 1 is 0.783 bits per heavy atom. The van der Waals surface area contributed by atoms with Crippen molar-refractivity contribution in [3.05, 3.63) is 84.9 Å². The number of aromatic carboxylic acids is 1. The van der Waals surface area contributed by atoms with E-state index in [1.54, 1.807) is 54.9 Å². The van der Waals surface area contributed by atoms with Crippen molar-refractivity contribution in [2.24, 2.45) is 0 Å². The SMILES string of the molecule is O=C(O)c1ccccc1O.Oc1ccccc1.c1cncnc1. The van der Waals surface area contributed by atoms with Crippen LogP contribution in [0.5, 0.6) is 11.5 Å². The Balaban J connectivity index is 0.000000179. The van der Waals surface area contributed by atoms with Gasteiger partial charge in [-0.1, -0.05) is 30.3 Å². The summed E-state index contributed by atoms with van der Waals surface area (Å²) in [7, 11) is 0. The summed E-state index contributed by atoms with van der Waals surface area (Å²) in [4.78, 5) is 17.6. The van der Waals surface area contributed by atoms with E-state index in [9.17, 15) is 4.79 Å². The van der Waals surface area contributed by atoms with E-state index in [4.69, 9.17) is 15.3 Å². The van der Waals surface area contributed by atoms with Gasteiger partial charge in [0, 0.05) is 12.4 Å². The number of carbonyl (C=O) groups is 1. The number of phenols is 2. The quantitative estimate of drug-likeness (QED) is 0.638. The van der Waals surface area contributed by atoms with Crippen molar-refractivity contribution >= 4 is 5.97 Å². The topological polar surface area (TPSA) is 104 Å². The molecule has 23 heavy (non-hydrogen) atoms. The zero-order valence-corrected chi connectivity index (χ0v) is 12.1. The smallest absolute Gasteiger partial charge is 0.339 e. The summed E-state index contributed by atoms with van der Waals surface area (Å²) in [5, 5.41) is 25.9. The minimum atomic E-state index is -1.11. The lowest BCUT2D eigenvalue weighted by Crippen LogP contribution is -1.95. The number of rotatable bonds is 1. The van der Waals surface area contributed by atoms with Gasteiger partial charge in [-0.3, -0.25) is 0 Å². The molecule has 1 aromatic heterocycles. The standard InChI is InChI=1S/C7H6O3.C6H6O.C4H4N2/c8-6-4-2-1-3-5(6)7(9)10;7-6-4-2-1-3-5-6;1-2-5-4-6-3-1/h1-4,8H,(H,9,10);1-5,7H;1-4H. The van der Waals surface area contributed by atoms with Crippen LogP contribution < -0.4 is 0 Å². The summed E-state index contributed by atoms with van der Waals surface area (Å²) >= 11 is 0. The molecule has 0 saturated heterocycles. The first kappa shape index (κ1) is 17.6. The molecule has 0 aliphatic carbocycles. The number of para-hydroxylation sites is 2. The molecule has 1 heterocycles. The molecule has 3 rings (SSSR count). The van der Waals surface area contributed by atoms with Crippen LogP contribution in [0, 0.1) is 0 Å².